The molecular formula is C35H42N4. The topological polar surface area (TPSA) is 21.8 Å². The van der Waals surface area contributed by atoms with Crippen molar-refractivity contribution < 1.29 is 0 Å². The third-order valence-electron chi connectivity index (χ3n) is 8.30. The largest absolute Gasteiger partial charge is 0.307 e. The molecule has 0 radical (unpaired) electrons. The zero-order chi connectivity index (χ0) is 27.0. The van der Waals surface area contributed by atoms with E-state index < -0.39 is 0 Å². The van der Waals surface area contributed by atoms with Gasteiger partial charge in [-0.25, -0.2) is 0 Å². The van der Waals surface area contributed by atoms with E-state index in [1.807, 2.05) is 0 Å². The highest BCUT2D eigenvalue weighted by Crippen LogP contribution is 2.31. The smallest absolute Gasteiger partial charge is 0.0473 e. The zero-order valence-electron chi connectivity index (χ0n) is 23.5. The second-order valence-corrected chi connectivity index (χ2v) is 11.0. The van der Waals surface area contributed by atoms with Gasteiger partial charge in [-0.3, -0.25) is 14.7 Å². The average Bonchev–Trinajstić information content (AvgIpc) is 2.99. The van der Waals surface area contributed by atoms with Gasteiger partial charge in [0.25, 0.3) is 0 Å². The van der Waals surface area contributed by atoms with Crippen LogP contribution in [0.4, 0.5) is 0 Å². The SMILES string of the molecule is CN1CC(c2ccccc2)NCC(c2ccccc2)N(C)CC(c2ccccc2)N(C)CC1c1ccccc1. The maximum atomic E-state index is 4.00. The van der Waals surface area contributed by atoms with E-state index in [1.165, 1.54) is 22.3 Å². The molecule has 5 rings (SSSR count). The molecule has 1 aliphatic heterocycles. The number of nitrogens with one attached hydrogen (secondary N) is 1. The molecule has 0 amide bonds. The highest BCUT2D eigenvalue weighted by atomic mass is 15.3. The van der Waals surface area contributed by atoms with Crippen LogP contribution in [0.1, 0.15) is 46.4 Å². The van der Waals surface area contributed by atoms with Gasteiger partial charge in [-0.15, -0.1) is 0 Å². The van der Waals surface area contributed by atoms with Gasteiger partial charge in [0.2, 0.25) is 0 Å². The molecule has 1 aliphatic rings. The van der Waals surface area contributed by atoms with Crippen molar-refractivity contribution in [2.75, 3.05) is 47.3 Å². The molecule has 0 aliphatic carbocycles. The minimum atomic E-state index is 0.219. The Kier molecular flexibility index (Phi) is 9.23. The molecule has 0 saturated carbocycles. The van der Waals surface area contributed by atoms with Gasteiger partial charge in [-0.1, -0.05) is 121 Å². The Morgan fingerprint density at radius 3 is 1.21 bits per heavy atom. The summed E-state index contributed by atoms with van der Waals surface area (Å²) in [4.78, 5) is 7.65. The quantitative estimate of drug-likeness (QED) is 0.340. The summed E-state index contributed by atoms with van der Waals surface area (Å²) in [6.07, 6.45) is 0. The Bertz CT molecular complexity index is 1250. The summed E-state index contributed by atoms with van der Waals surface area (Å²) < 4.78 is 0. The summed E-state index contributed by atoms with van der Waals surface area (Å²) in [6, 6.07) is 44.9. The van der Waals surface area contributed by atoms with Crippen molar-refractivity contribution in [3.8, 4) is 0 Å². The van der Waals surface area contributed by atoms with E-state index in [0.717, 1.165) is 26.2 Å². The van der Waals surface area contributed by atoms with E-state index in [1.54, 1.807) is 0 Å². The van der Waals surface area contributed by atoms with Crippen molar-refractivity contribution in [2.45, 2.75) is 24.2 Å². The van der Waals surface area contributed by atoms with Crippen molar-refractivity contribution in [1.82, 2.24) is 20.0 Å². The zero-order valence-corrected chi connectivity index (χ0v) is 23.5. The van der Waals surface area contributed by atoms with Gasteiger partial charge in [-0.2, -0.15) is 0 Å². The fourth-order valence-electron chi connectivity index (χ4n) is 5.99. The fraction of sp³-hybridized carbons (Fsp3) is 0.314. The van der Waals surface area contributed by atoms with Crippen LogP contribution in [0, 0.1) is 0 Å². The lowest BCUT2D eigenvalue weighted by Gasteiger charge is -2.41. The summed E-state index contributed by atoms with van der Waals surface area (Å²) >= 11 is 0. The van der Waals surface area contributed by atoms with Gasteiger partial charge >= 0.3 is 0 Å². The first-order valence-corrected chi connectivity index (χ1v) is 14.1. The molecule has 0 bridgehead atoms. The number of benzene rings is 4. The summed E-state index contributed by atoms with van der Waals surface area (Å²) in [6.45, 7) is 3.65. The van der Waals surface area contributed by atoms with E-state index >= 15 is 0 Å². The van der Waals surface area contributed by atoms with Gasteiger partial charge < -0.3 is 5.32 Å². The minimum Gasteiger partial charge on any atom is -0.307 e. The fourth-order valence-corrected chi connectivity index (χ4v) is 5.99. The van der Waals surface area contributed by atoms with Crippen LogP contribution in [0.25, 0.3) is 0 Å². The Morgan fingerprint density at radius 2 is 0.769 bits per heavy atom. The normalized spacial score (nSPS) is 24.5. The molecule has 0 aromatic heterocycles. The Balaban J connectivity index is 1.55. The first-order valence-electron chi connectivity index (χ1n) is 14.1. The van der Waals surface area contributed by atoms with Crippen LogP contribution in [0.2, 0.25) is 0 Å². The van der Waals surface area contributed by atoms with E-state index in [-0.39, 0.29) is 24.2 Å². The van der Waals surface area contributed by atoms with Crippen molar-refractivity contribution in [3.63, 3.8) is 0 Å². The summed E-state index contributed by atoms with van der Waals surface area (Å²) in [5, 5.41) is 4.00. The summed E-state index contributed by atoms with van der Waals surface area (Å²) in [5.41, 5.74) is 5.40. The maximum absolute atomic E-state index is 4.00. The van der Waals surface area contributed by atoms with Crippen molar-refractivity contribution in [3.05, 3.63) is 144 Å². The van der Waals surface area contributed by atoms with Gasteiger partial charge in [0.1, 0.15) is 0 Å². The summed E-state index contributed by atoms with van der Waals surface area (Å²) in [5.74, 6) is 0. The molecule has 1 N–H and O–H groups in total. The van der Waals surface area contributed by atoms with Gasteiger partial charge in [-0.05, 0) is 43.4 Å². The van der Waals surface area contributed by atoms with Gasteiger partial charge in [0.05, 0.1) is 0 Å². The molecule has 4 atom stereocenters. The first-order chi connectivity index (χ1) is 19.1. The number of hydrogen-bond donors (Lipinski definition) is 1. The Morgan fingerprint density at radius 1 is 0.436 bits per heavy atom. The molecular weight excluding hydrogens is 476 g/mol. The molecule has 1 heterocycles. The van der Waals surface area contributed by atoms with Crippen LogP contribution in [0.15, 0.2) is 121 Å². The highest BCUT2D eigenvalue weighted by molar-refractivity contribution is 5.25. The third kappa shape index (κ3) is 6.84. The molecule has 4 aromatic rings. The highest BCUT2D eigenvalue weighted by Gasteiger charge is 2.30. The van der Waals surface area contributed by atoms with E-state index in [2.05, 4.69) is 162 Å². The molecule has 1 saturated heterocycles. The monoisotopic (exact) mass is 518 g/mol. The van der Waals surface area contributed by atoms with Crippen LogP contribution in [0.3, 0.4) is 0 Å². The maximum Gasteiger partial charge on any atom is 0.0473 e. The molecule has 4 heteroatoms. The first kappa shape index (κ1) is 27.3. The second-order valence-electron chi connectivity index (χ2n) is 11.0. The molecule has 4 nitrogen and oxygen atoms in total. The third-order valence-corrected chi connectivity index (χ3v) is 8.30. The van der Waals surface area contributed by atoms with Crippen LogP contribution in [-0.4, -0.2) is 62.0 Å². The van der Waals surface area contributed by atoms with Gasteiger partial charge in [0, 0.05) is 50.3 Å². The number of rotatable bonds is 4. The van der Waals surface area contributed by atoms with Crippen LogP contribution in [0.5, 0.6) is 0 Å². The van der Waals surface area contributed by atoms with E-state index in [9.17, 15) is 0 Å². The lowest BCUT2D eigenvalue weighted by molar-refractivity contribution is 0.0975. The Hall–Kier alpha value is -3.28. The predicted molar refractivity (Wildman–Crippen MR) is 163 cm³/mol. The van der Waals surface area contributed by atoms with Crippen molar-refractivity contribution in [2.24, 2.45) is 0 Å². The van der Waals surface area contributed by atoms with Crippen LogP contribution < -0.4 is 5.32 Å². The van der Waals surface area contributed by atoms with Crippen LogP contribution in [-0.2, 0) is 0 Å². The molecule has 39 heavy (non-hydrogen) atoms. The van der Waals surface area contributed by atoms with Crippen LogP contribution >= 0.6 is 0 Å². The number of likely N-dealkylation sites (N-methyl/N-ethyl adjacent to an activating group) is 3. The lowest BCUT2D eigenvalue weighted by Crippen LogP contribution is -2.46. The molecule has 1 fully saturated rings. The minimum absolute atomic E-state index is 0.219. The van der Waals surface area contributed by atoms with E-state index in [0.29, 0.717) is 0 Å². The average molecular weight is 519 g/mol. The molecule has 202 valence electrons. The Labute approximate surface area is 234 Å². The van der Waals surface area contributed by atoms with E-state index in [4.69, 9.17) is 0 Å². The number of hydrogen-bond acceptors (Lipinski definition) is 4. The van der Waals surface area contributed by atoms with Gasteiger partial charge in [0.15, 0.2) is 0 Å². The molecule has 4 unspecified atom stereocenters. The summed E-state index contributed by atoms with van der Waals surface area (Å²) in [7, 11) is 6.87. The molecule has 4 aromatic carbocycles. The standard InChI is InChI=1S/C35H42N4/c1-37-25-32(28-16-8-4-9-17-28)36-24-33(29-18-10-5-11-19-29)38(2)26-35(31-22-14-7-15-23-31)39(3)27-34(37)30-20-12-6-13-21-30/h4-23,32-36H,24-27H2,1-3H3. The van der Waals surface area contributed by atoms with Crippen molar-refractivity contribution in [1.29, 1.82) is 0 Å². The van der Waals surface area contributed by atoms with Crippen molar-refractivity contribution >= 4 is 0 Å². The molecule has 0 spiro atoms. The second kappa shape index (κ2) is 13.2. The predicted octanol–water partition coefficient (Wildman–Crippen LogP) is 6.35. The lowest BCUT2D eigenvalue weighted by atomic mass is 9.97. The number of nitrogens with zero attached hydrogens (tertiary/aromatic N) is 3.